The number of carbonyl (C=O) groups is 2. The largest absolute Gasteiger partial charge is 0.493 e. The number of amides is 2. The number of nitrogens with one attached hydrogen (secondary N) is 2. The first-order valence-corrected chi connectivity index (χ1v) is 10.8. The normalized spacial score (nSPS) is 15.9. The predicted molar refractivity (Wildman–Crippen MR) is 121 cm³/mol. The van der Waals surface area contributed by atoms with Gasteiger partial charge in [0, 0.05) is 16.8 Å². The lowest BCUT2D eigenvalue weighted by Crippen LogP contribution is -2.47. The van der Waals surface area contributed by atoms with E-state index in [-0.39, 0.29) is 24.2 Å². The Hall–Kier alpha value is -3.55. The van der Waals surface area contributed by atoms with E-state index in [0.717, 1.165) is 0 Å². The molecule has 2 amide bonds. The molecule has 0 aromatic heterocycles. The summed E-state index contributed by atoms with van der Waals surface area (Å²) < 4.78 is 31.1. The quantitative estimate of drug-likeness (QED) is 0.566. The first-order valence-electron chi connectivity index (χ1n) is 10.8. The first kappa shape index (κ1) is 24.1. The third-order valence-corrected chi connectivity index (χ3v) is 5.11. The van der Waals surface area contributed by atoms with Gasteiger partial charge in [-0.2, -0.15) is 0 Å². The highest BCUT2D eigenvalue weighted by Gasteiger charge is 2.37. The predicted octanol–water partition coefficient (Wildman–Crippen LogP) is 4.63. The molecule has 0 radical (unpaired) electrons. The third kappa shape index (κ3) is 5.45. The van der Waals surface area contributed by atoms with Crippen LogP contribution in [0.15, 0.2) is 53.7 Å². The summed E-state index contributed by atoms with van der Waals surface area (Å²) in [6, 6.07) is 10.2. The lowest BCUT2D eigenvalue weighted by molar-refractivity contribution is -0.143. The highest BCUT2D eigenvalue weighted by molar-refractivity contribution is 5.95. The molecule has 2 N–H and O–H groups in total. The Morgan fingerprint density at radius 3 is 2.45 bits per heavy atom. The van der Waals surface area contributed by atoms with Crippen molar-refractivity contribution in [3.05, 3.63) is 70.7 Å². The van der Waals surface area contributed by atoms with Crippen LogP contribution >= 0.6 is 0 Å². The monoisotopic (exact) mass is 456 g/mol. The zero-order valence-electron chi connectivity index (χ0n) is 19.4. The molecule has 1 aliphatic heterocycles. The van der Waals surface area contributed by atoms with Gasteiger partial charge in [0.2, 0.25) is 0 Å². The second-order valence-electron chi connectivity index (χ2n) is 8.23. The molecule has 7 nitrogen and oxygen atoms in total. The van der Waals surface area contributed by atoms with E-state index in [1.807, 2.05) is 13.8 Å². The summed E-state index contributed by atoms with van der Waals surface area (Å²) in [4.78, 5) is 25.6. The number of ether oxygens (including phenoxy) is 3. The second-order valence-corrected chi connectivity index (χ2v) is 8.23. The Balaban J connectivity index is 2.10. The van der Waals surface area contributed by atoms with E-state index < -0.39 is 23.9 Å². The van der Waals surface area contributed by atoms with Crippen LogP contribution in [0.3, 0.4) is 0 Å². The van der Waals surface area contributed by atoms with Gasteiger partial charge in [0.15, 0.2) is 11.5 Å². The van der Waals surface area contributed by atoms with Crippen molar-refractivity contribution in [2.75, 3.05) is 7.11 Å². The number of hydrogen-bond acceptors (Lipinski definition) is 5. The Labute approximate surface area is 192 Å². The molecule has 2 aromatic rings. The molecule has 176 valence electrons. The second kappa shape index (κ2) is 10.4. The minimum Gasteiger partial charge on any atom is -0.493 e. The number of rotatable bonds is 8. The van der Waals surface area contributed by atoms with E-state index in [4.69, 9.17) is 14.2 Å². The molecule has 0 spiro atoms. The molecular weight excluding hydrogens is 427 g/mol. The number of benzene rings is 2. The smallest absolute Gasteiger partial charge is 0.338 e. The van der Waals surface area contributed by atoms with E-state index >= 15 is 0 Å². The Morgan fingerprint density at radius 2 is 1.82 bits per heavy atom. The summed E-state index contributed by atoms with van der Waals surface area (Å²) in [5.41, 5.74) is 1.61. The average molecular weight is 457 g/mol. The lowest BCUT2D eigenvalue weighted by atomic mass is 9.90. The molecule has 2 aromatic carbocycles. The molecule has 8 heteroatoms. The van der Waals surface area contributed by atoms with Gasteiger partial charge in [-0.05, 0) is 31.9 Å². The van der Waals surface area contributed by atoms with Crippen LogP contribution < -0.4 is 20.1 Å². The van der Waals surface area contributed by atoms with Gasteiger partial charge >= 0.3 is 12.0 Å². The molecule has 0 fully saturated rings. The fourth-order valence-electron chi connectivity index (χ4n) is 3.62. The average Bonchev–Trinajstić information content (AvgIpc) is 2.77. The van der Waals surface area contributed by atoms with E-state index in [1.54, 1.807) is 50.2 Å². The van der Waals surface area contributed by atoms with E-state index in [1.165, 1.54) is 13.2 Å². The molecule has 0 saturated carbocycles. The van der Waals surface area contributed by atoms with Gasteiger partial charge in [0.05, 0.1) is 24.8 Å². The highest BCUT2D eigenvalue weighted by atomic mass is 19.1. The molecule has 0 aliphatic carbocycles. The van der Waals surface area contributed by atoms with Crippen LogP contribution in [0.2, 0.25) is 0 Å². The molecule has 0 bridgehead atoms. The molecule has 33 heavy (non-hydrogen) atoms. The van der Waals surface area contributed by atoms with Crippen LogP contribution in [0.1, 0.15) is 44.9 Å². The van der Waals surface area contributed by atoms with E-state index in [2.05, 4.69) is 10.6 Å². The van der Waals surface area contributed by atoms with Crippen molar-refractivity contribution in [1.82, 2.24) is 10.6 Å². The van der Waals surface area contributed by atoms with Gasteiger partial charge in [-0.1, -0.05) is 44.2 Å². The highest BCUT2D eigenvalue weighted by Crippen LogP contribution is 2.40. The lowest BCUT2D eigenvalue weighted by Gasteiger charge is -2.32. The van der Waals surface area contributed by atoms with Crippen molar-refractivity contribution in [1.29, 1.82) is 0 Å². The number of allylic oxidation sites excluding steroid dienone is 1. The first-order chi connectivity index (χ1) is 15.7. The van der Waals surface area contributed by atoms with Gasteiger partial charge in [0.25, 0.3) is 0 Å². The molecule has 3 rings (SSSR count). The summed E-state index contributed by atoms with van der Waals surface area (Å²) >= 11 is 0. The molecule has 1 unspecified atom stereocenters. The van der Waals surface area contributed by atoms with Crippen LogP contribution in [0.5, 0.6) is 11.5 Å². The zero-order valence-corrected chi connectivity index (χ0v) is 19.4. The Kier molecular flexibility index (Phi) is 7.58. The number of halogens is 1. The van der Waals surface area contributed by atoms with Gasteiger partial charge in [0.1, 0.15) is 12.4 Å². The zero-order chi connectivity index (χ0) is 24.1. The fraction of sp³-hybridized carbons (Fsp3) is 0.360. The van der Waals surface area contributed by atoms with Gasteiger partial charge in [-0.3, -0.25) is 0 Å². The number of esters is 1. The minimum absolute atomic E-state index is 0.0640. The Morgan fingerprint density at radius 1 is 1.09 bits per heavy atom. The van der Waals surface area contributed by atoms with Crippen LogP contribution in [0.25, 0.3) is 0 Å². The third-order valence-electron chi connectivity index (χ3n) is 5.11. The van der Waals surface area contributed by atoms with Gasteiger partial charge in [-0.15, -0.1) is 0 Å². The maximum Gasteiger partial charge on any atom is 0.338 e. The van der Waals surface area contributed by atoms with Crippen molar-refractivity contribution >= 4 is 12.0 Å². The molecule has 0 saturated heterocycles. The van der Waals surface area contributed by atoms with Crippen molar-refractivity contribution in [2.24, 2.45) is 5.92 Å². The number of methoxy groups -OCH3 is 1. The summed E-state index contributed by atoms with van der Waals surface area (Å²) in [6.45, 7) is 7.20. The summed E-state index contributed by atoms with van der Waals surface area (Å²) in [5, 5.41) is 5.54. The van der Waals surface area contributed by atoms with Crippen LogP contribution in [-0.2, 0) is 16.1 Å². The van der Waals surface area contributed by atoms with Gasteiger partial charge in [-0.25, -0.2) is 14.0 Å². The maximum atomic E-state index is 14.2. The minimum atomic E-state index is -0.854. The molecular formula is C25H29FN2O5. The standard InChI is InChI=1S/C25H29FN2O5/c1-14(2)21-20(24(29)33-15(3)4)22(28-25(30)27-21)17-10-8-12-19(31-5)23(17)32-13-16-9-6-7-11-18(16)26/h6-12,14-15,22H,13H2,1-5H3,(H2,27,28,30). The van der Waals surface area contributed by atoms with Crippen molar-refractivity contribution in [2.45, 2.75) is 46.4 Å². The molecule has 1 atom stereocenters. The van der Waals surface area contributed by atoms with Gasteiger partial charge < -0.3 is 24.8 Å². The molecule has 1 aliphatic rings. The summed E-state index contributed by atoms with van der Waals surface area (Å²) in [6.07, 6.45) is -0.348. The van der Waals surface area contributed by atoms with Crippen molar-refractivity contribution in [3.63, 3.8) is 0 Å². The van der Waals surface area contributed by atoms with Crippen molar-refractivity contribution in [3.8, 4) is 11.5 Å². The summed E-state index contributed by atoms with van der Waals surface area (Å²) in [7, 11) is 1.49. The van der Waals surface area contributed by atoms with Crippen LogP contribution in [0.4, 0.5) is 9.18 Å². The number of carbonyl (C=O) groups excluding carboxylic acids is 2. The topological polar surface area (TPSA) is 85.9 Å². The van der Waals surface area contributed by atoms with Crippen molar-refractivity contribution < 1.29 is 28.2 Å². The van der Waals surface area contributed by atoms with E-state index in [9.17, 15) is 14.0 Å². The van der Waals surface area contributed by atoms with Crippen LogP contribution in [-0.4, -0.2) is 25.2 Å². The number of para-hydroxylation sites is 1. The fourth-order valence-corrected chi connectivity index (χ4v) is 3.62. The molecule has 1 heterocycles. The number of urea groups is 1. The van der Waals surface area contributed by atoms with Crippen LogP contribution in [0, 0.1) is 11.7 Å². The number of hydrogen-bond donors (Lipinski definition) is 2. The SMILES string of the molecule is COc1cccc(C2NC(=O)NC(C(C)C)=C2C(=O)OC(C)C)c1OCc1ccccc1F. The summed E-state index contributed by atoms with van der Waals surface area (Å²) in [5.74, 6) is -0.407. The Bertz CT molecular complexity index is 1060. The maximum absolute atomic E-state index is 14.2. The van der Waals surface area contributed by atoms with E-state index in [0.29, 0.717) is 28.3 Å².